The molecule has 2 aromatic carbocycles. The van der Waals surface area contributed by atoms with Gasteiger partial charge in [0.2, 0.25) is 0 Å². The Labute approximate surface area is 99.9 Å². The molecule has 0 N–H and O–H groups in total. The van der Waals surface area contributed by atoms with E-state index in [1.54, 1.807) is 0 Å². The van der Waals surface area contributed by atoms with Crippen LogP contribution in [0.2, 0.25) is 0 Å². The molecule has 3 rings (SSSR count). The van der Waals surface area contributed by atoms with Crippen LogP contribution in [0.15, 0.2) is 48.5 Å². The van der Waals surface area contributed by atoms with Crippen molar-refractivity contribution < 1.29 is 9.53 Å². The lowest BCUT2D eigenvalue weighted by atomic mass is 9.92. The molecular weight excluding hydrogens is 212 g/mol. The molecule has 0 amide bonds. The van der Waals surface area contributed by atoms with E-state index in [4.69, 9.17) is 4.74 Å². The molecule has 84 valence electrons. The number of carbonyl (C=O) groups is 1. The second-order valence-electron chi connectivity index (χ2n) is 4.26. The van der Waals surface area contributed by atoms with Crippen LogP contribution in [0.3, 0.4) is 0 Å². The topological polar surface area (TPSA) is 26.3 Å². The van der Waals surface area contributed by atoms with Gasteiger partial charge >= 0.3 is 5.97 Å². The van der Waals surface area contributed by atoms with Crippen molar-refractivity contribution >= 4 is 5.97 Å². The van der Waals surface area contributed by atoms with Crippen molar-refractivity contribution in [2.45, 2.75) is 12.8 Å². The van der Waals surface area contributed by atoms with Gasteiger partial charge in [0.05, 0.1) is 0 Å². The summed E-state index contributed by atoms with van der Waals surface area (Å²) >= 11 is 0. The number of carbonyl (C=O) groups excluding carboxylic acids is 1. The van der Waals surface area contributed by atoms with Crippen molar-refractivity contribution in [1.29, 1.82) is 0 Å². The third-order valence-corrected chi connectivity index (χ3v) is 3.12. The monoisotopic (exact) mass is 224 g/mol. The normalized spacial score (nSPS) is 17.7. The lowest BCUT2D eigenvalue weighted by Crippen LogP contribution is -2.11. The first kappa shape index (κ1) is 10.1. The van der Waals surface area contributed by atoms with Crippen LogP contribution in [-0.4, -0.2) is 5.97 Å². The van der Waals surface area contributed by atoms with E-state index in [9.17, 15) is 4.79 Å². The molecule has 0 radical (unpaired) electrons. The van der Waals surface area contributed by atoms with E-state index in [1.165, 1.54) is 0 Å². The third kappa shape index (κ3) is 1.53. The predicted octanol–water partition coefficient (Wildman–Crippen LogP) is 3.05. The summed E-state index contributed by atoms with van der Waals surface area (Å²) in [6.07, 6.45) is 0. The SMILES string of the molecule is Cc1cccc2c1OC(=O)C2c1ccccc1. The zero-order chi connectivity index (χ0) is 11.8. The molecule has 1 unspecified atom stereocenters. The fourth-order valence-corrected chi connectivity index (χ4v) is 2.29. The van der Waals surface area contributed by atoms with Gasteiger partial charge in [0.1, 0.15) is 11.7 Å². The summed E-state index contributed by atoms with van der Waals surface area (Å²) in [5.74, 6) is 0.276. The van der Waals surface area contributed by atoms with E-state index >= 15 is 0 Å². The summed E-state index contributed by atoms with van der Waals surface area (Å²) in [5.41, 5.74) is 2.97. The highest BCUT2D eigenvalue weighted by Gasteiger charge is 2.34. The van der Waals surface area contributed by atoms with Crippen molar-refractivity contribution in [3.63, 3.8) is 0 Å². The lowest BCUT2D eigenvalue weighted by molar-refractivity contribution is -0.133. The van der Waals surface area contributed by atoms with Crippen molar-refractivity contribution in [2.75, 3.05) is 0 Å². The van der Waals surface area contributed by atoms with Crippen LogP contribution in [-0.2, 0) is 4.79 Å². The quantitative estimate of drug-likeness (QED) is 0.549. The molecule has 17 heavy (non-hydrogen) atoms. The highest BCUT2D eigenvalue weighted by Crippen LogP contribution is 2.40. The van der Waals surface area contributed by atoms with Gasteiger partial charge in [-0.15, -0.1) is 0 Å². The maximum Gasteiger partial charge on any atom is 0.323 e. The standard InChI is InChI=1S/C15H12O2/c1-10-6-5-9-12-13(15(16)17-14(10)12)11-7-3-2-4-8-11/h2-9,13H,1H3. The lowest BCUT2D eigenvalue weighted by Gasteiger charge is -2.07. The number of aryl methyl sites for hydroxylation is 1. The van der Waals surface area contributed by atoms with Crippen LogP contribution in [0.25, 0.3) is 0 Å². The molecule has 1 aliphatic rings. The van der Waals surface area contributed by atoms with E-state index < -0.39 is 0 Å². The Morgan fingerprint density at radius 1 is 1.00 bits per heavy atom. The molecule has 0 saturated heterocycles. The molecule has 0 saturated carbocycles. The molecule has 0 bridgehead atoms. The van der Waals surface area contributed by atoms with Crippen LogP contribution >= 0.6 is 0 Å². The highest BCUT2D eigenvalue weighted by atomic mass is 16.5. The van der Waals surface area contributed by atoms with Gasteiger partial charge < -0.3 is 4.74 Å². The first-order valence-electron chi connectivity index (χ1n) is 5.63. The van der Waals surface area contributed by atoms with Crippen LogP contribution in [0, 0.1) is 6.92 Å². The zero-order valence-electron chi connectivity index (χ0n) is 9.51. The number of ether oxygens (including phenoxy) is 1. The van der Waals surface area contributed by atoms with Crippen molar-refractivity contribution in [3.8, 4) is 5.75 Å². The molecule has 0 aromatic heterocycles. The molecule has 0 aliphatic carbocycles. The molecule has 0 spiro atoms. The number of fused-ring (bicyclic) bond motifs is 1. The Hall–Kier alpha value is -2.09. The zero-order valence-corrected chi connectivity index (χ0v) is 9.51. The first-order valence-corrected chi connectivity index (χ1v) is 5.63. The minimum Gasteiger partial charge on any atom is -0.425 e. The number of esters is 1. The summed E-state index contributed by atoms with van der Waals surface area (Å²) < 4.78 is 5.37. The minimum absolute atomic E-state index is 0.180. The molecular formula is C15H12O2. The second kappa shape index (κ2) is 3.74. The van der Waals surface area contributed by atoms with E-state index in [1.807, 2.05) is 55.5 Å². The second-order valence-corrected chi connectivity index (χ2v) is 4.26. The first-order chi connectivity index (χ1) is 8.27. The van der Waals surface area contributed by atoms with E-state index in [0.717, 1.165) is 22.4 Å². The number of hydrogen-bond acceptors (Lipinski definition) is 2. The molecule has 1 heterocycles. The smallest absolute Gasteiger partial charge is 0.323 e. The van der Waals surface area contributed by atoms with Crippen LogP contribution in [0.5, 0.6) is 5.75 Å². The van der Waals surface area contributed by atoms with Gasteiger partial charge in [0.15, 0.2) is 0 Å². The van der Waals surface area contributed by atoms with E-state index in [0.29, 0.717) is 0 Å². The number of benzene rings is 2. The van der Waals surface area contributed by atoms with Gasteiger partial charge in [-0.1, -0.05) is 48.5 Å². The molecule has 2 aromatic rings. The minimum atomic E-state index is -0.272. The summed E-state index contributed by atoms with van der Waals surface area (Å²) in [6.45, 7) is 1.96. The average Bonchev–Trinajstić information content (AvgIpc) is 2.68. The van der Waals surface area contributed by atoms with Gasteiger partial charge in [-0.05, 0) is 18.1 Å². The van der Waals surface area contributed by atoms with Crippen molar-refractivity contribution in [1.82, 2.24) is 0 Å². The third-order valence-electron chi connectivity index (χ3n) is 3.12. The predicted molar refractivity (Wildman–Crippen MR) is 65.1 cm³/mol. The maximum atomic E-state index is 12.0. The van der Waals surface area contributed by atoms with Gasteiger partial charge in [-0.25, -0.2) is 0 Å². The van der Waals surface area contributed by atoms with Gasteiger partial charge in [0.25, 0.3) is 0 Å². The molecule has 2 nitrogen and oxygen atoms in total. The number of hydrogen-bond donors (Lipinski definition) is 0. The summed E-state index contributed by atoms with van der Waals surface area (Å²) in [6, 6.07) is 15.6. The summed E-state index contributed by atoms with van der Waals surface area (Å²) in [4.78, 5) is 12.0. The Morgan fingerprint density at radius 2 is 1.76 bits per heavy atom. The number of rotatable bonds is 1. The van der Waals surface area contributed by atoms with Crippen LogP contribution in [0.1, 0.15) is 22.6 Å². The Morgan fingerprint density at radius 3 is 2.53 bits per heavy atom. The maximum absolute atomic E-state index is 12.0. The summed E-state index contributed by atoms with van der Waals surface area (Å²) in [5, 5.41) is 0. The number of para-hydroxylation sites is 1. The highest BCUT2D eigenvalue weighted by molar-refractivity contribution is 5.89. The van der Waals surface area contributed by atoms with Crippen molar-refractivity contribution in [3.05, 3.63) is 65.2 Å². The molecule has 2 heteroatoms. The largest absolute Gasteiger partial charge is 0.425 e. The molecule has 1 atom stereocenters. The van der Waals surface area contributed by atoms with E-state index in [2.05, 4.69) is 0 Å². The van der Waals surface area contributed by atoms with Gasteiger partial charge in [-0.3, -0.25) is 4.79 Å². The Bertz CT molecular complexity index is 573. The fraction of sp³-hybridized carbons (Fsp3) is 0.133. The fourth-order valence-electron chi connectivity index (χ4n) is 2.29. The van der Waals surface area contributed by atoms with Gasteiger partial charge in [0, 0.05) is 5.56 Å². The summed E-state index contributed by atoms with van der Waals surface area (Å²) in [7, 11) is 0. The van der Waals surface area contributed by atoms with Crippen LogP contribution < -0.4 is 4.74 Å². The molecule has 0 fully saturated rings. The Kier molecular flexibility index (Phi) is 2.22. The van der Waals surface area contributed by atoms with Crippen molar-refractivity contribution in [2.24, 2.45) is 0 Å². The average molecular weight is 224 g/mol. The van der Waals surface area contributed by atoms with Crippen LogP contribution in [0.4, 0.5) is 0 Å². The van der Waals surface area contributed by atoms with E-state index in [-0.39, 0.29) is 11.9 Å². The molecule has 1 aliphatic heterocycles. The van der Waals surface area contributed by atoms with Gasteiger partial charge in [-0.2, -0.15) is 0 Å². The Balaban J connectivity index is 2.15.